The first-order valence-electron chi connectivity index (χ1n) is 9.51. The zero-order valence-corrected chi connectivity index (χ0v) is 16.5. The molecule has 0 radical (unpaired) electrons. The molecule has 6 heteroatoms. The van der Waals surface area contributed by atoms with Crippen molar-refractivity contribution < 1.29 is 19.5 Å². The molecule has 0 unspecified atom stereocenters. The van der Waals surface area contributed by atoms with Gasteiger partial charge in [0.1, 0.15) is 0 Å². The van der Waals surface area contributed by atoms with E-state index in [2.05, 4.69) is 26.0 Å². The van der Waals surface area contributed by atoms with Gasteiger partial charge in [0, 0.05) is 26.6 Å². The molecule has 1 aliphatic rings. The number of rotatable bonds is 7. The van der Waals surface area contributed by atoms with Crippen LogP contribution in [-0.2, 0) is 19.8 Å². The molecule has 27 heavy (non-hydrogen) atoms. The highest BCUT2D eigenvalue weighted by atomic mass is 16.4. The Morgan fingerprint density at radius 2 is 1.74 bits per heavy atom. The molecule has 0 aliphatic carbocycles. The maximum atomic E-state index is 12.5. The van der Waals surface area contributed by atoms with Crippen LogP contribution in [0.2, 0.25) is 0 Å². The van der Waals surface area contributed by atoms with Gasteiger partial charge in [-0.1, -0.05) is 44.2 Å². The highest BCUT2D eigenvalue weighted by molar-refractivity contribution is 5.85. The third kappa shape index (κ3) is 5.81. The van der Waals surface area contributed by atoms with E-state index in [1.807, 2.05) is 18.2 Å². The third-order valence-electron chi connectivity index (χ3n) is 5.51. The first-order chi connectivity index (χ1) is 12.7. The molecular formula is C21H30N2O4. The van der Waals surface area contributed by atoms with Gasteiger partial charge in [-0.2, -0.15) is 0 Å². The van der Waals surface area contributed by atoms with Gasteiger partial charge in [0.25, 0.3) is 0 Å². The second-order valence-corrected chi connectivity index (χ2v) is 7.99. The van der Waals surface area contributed by atoms with Gasteiger partial charge >= 0.3 is 5.97 Å². The number of hydrogen-bond donors (Lipinski definition) is 1. The van der Waals surface area contributed by atoms with Crippen molar-refractivity contribution in [1.82, 2.24) is 9.80 Å². The number of likely N-dealkylation sites (tertiary alicyclic amines) is 1. The van der Waals surface area contributed by atoms with Crippen LogP contribution in [-0.4, -0.2) is 59.4 Å². The Bertz CT molecular complexity index is 664. The van der Waals surface area contributed by atoms with Crippen LogP contribution in [0.1, 0.15) is 45.1 Å². The fourth-order valence-corrected chi connectivity index (χ4v) is 3.41. The van der Waals surface area contributed by atoms with E-state index in [0.717, 1.165) is 0 Å². The van der Waals surface area contributed by atoms with Crippen LogP contribution in [0.5, 0.6) is 0 Å². The lowest BCUT2D eigenvalue weighted by Gasteiger charge is -2.31. The highest BCUT2D eigenvalue weighted by Gasteiger charge is 2.28. The maximum absolute atomic E-state index is 12.5. The number of nitrogens with zero attached hydrogens (tertiary/aromatic N) is 2. The van der Waals surface area contributed by atoms with Crippen molar-refractivity contribution in [3.63, 3.8) is 0 Å². The molecule has 0 aromatic heterocycles. The molecule has 1 fully saturated rings. The van der Waals surface area contributed by atoms with Gasteiger partial charge in [0.05, 0.1) is 12.5 Å². The molecule has 0 saturated carbocycles. The molecule has 148 valence electrons. The Hall–Kier alpha value is -2.37. The summed E-state index contributed by atoms with van der Waals surface area (Å²) in [6, 6.07) is 10.1. The zero-order chi connectivity index (χ0) is 20.0. The quantitative estimate of drug-likeness (QED) is 0.795. The second-order valence-electron chi connectivity index (χ2n) is 7.99. The number of carboxylic acid groups (broad SMARTS) is 1. The van der Waals surface area contributed by atoms with Crippen molar-refractivity contribution in [1.29, 1.82) is 0 Å². The molecule has 6 nitrogen and oxygen atoms in total. The van der Waals surface area contributed by atoms with Gasteiger partial charge in [-0.15, -0.1) is 0 Å². The van der Waals surface area contributed by atoms with Crippen LogP contribution in [0.15, 0.2) is 30.3 Å². The lowest BCUT2D eigenvalue weighted by molar-refractivity contribution is -0.146. The second kappa shape index (κ2) is 9.02. The number of carboxylic acids is 1. The average Bonchev–Trinajstić information content (AvgIpc) is 2.66. The van der Waals surface area contributed by atoms with E-state index in [9.17, 15) is 14.4 Å². The van der Waals surface area contributed by atoms with Crippen molar-refractivity contribution in [2.45, 2.75) is 44.9 Å². The van der Waals surface area contributed by atoms with Gasteiger partial charge in [-0.05, 0) is 30.2 Å². The van der Waals surface area contributed by atoms with Crippen LogP contribution in [0.25, 0.3) is 0 Å². The normalized spacial score (nSPS) is 15.4. The van der Waals surface area contributed by atoms with E-state index >= 15 is 0 Å². The van der Waals surface area contributed by atoms with Gasteiger partial charge in [0.15, 0.2) is 0 Å². The van der Waals surface area contributed by atoms with E-state index in [0.29, 0.717) is 38.8 Å². The first-order valence-corrected chi connectivity index (χ1v) is 9.51. The number of amides is 2. The van der Waals surface area contributed by atoms with E-state index < -0.39 is 5.97 Å². The van der Waals surface area contributed by atoms with E-state index in [-0.39, 0.29) is 29.7 Å². The fraction of sp³-hybridized carbons (Fsp3) is 0.571. The molecule has 1 aliphatic heterocycles. The summed E-state index contributed by atoms with van der Waals surface area (Å²) in [5, 5.41) is 9.03. The molecule has 2 amide bonds. The number of carbonyl (C=O) groups is 3. The number of piperidine rings is 1. The fourth-order valence-electron chi connectivity index (χ4n) is 3.41. The van der Waals surface area contributed by atoms with E-state index in [1.165, 1.54) is 10.5 Å². The number of likely N-dealkylation sites (N-methyl/N-ethyl adjacent to an activating group) is 1. The molecule has 0 bridgehead atoms. The summed E-state index contributed by atoms with van der Waals surface area (Å²) in [5.74, 6) is -1.33. The minimum atomic E-state index is -0.796. The standard InChI is InChI=1S/C21H30N2O4/c1-21(2,17-7-5-4-6-8-17)12-9-18(24)22(3)15-19(25)23-13-10-16(11-14-23)20(26)27/h4-8,16H,9-15H2,1-3H3,(H,26,27). The number of carbonyl (C=O) groups excluding carboxylic acids is 2. The molecule has 1 aromatic carbocycles. The molecule has 1 aromatic rings. The molecule has 0 spiro atoms. The predicted molar refractivity (Wildman–Crippen MR) is 103 cm³/mol. The Balaban J connectivity index is 1.80. The molecule has 2 rings (SSSR count). The predicted octanol–water partition coefficient (Wildman–Crippen LogP) is 2.53. The van der Waals surface area contributed by atoms with Crippen LogP contribution >= 0.6 is 0 Å². The molecule has 1 saturated heterocycles. The summed E-state index contributed by atoms with van der Waals surface area (Å²) in [6.45, 7) is 5.17. The molecule has 1 heterocycles. The summed E-state index contributed by atoms with van der Waals surface area (Å²) in [5.41, 5.74) is 1.08. The van der Waals surface area contributed by atoms with Crippen LogP contribution in [0, 0.1) is 5.92 Å². The lowest BCUT2D eigenvalue weighted by Crippen LogP contribution is -2.45. The van der Waals surface area contributed by atoms with Crippen molar-refractivity contribution in [3.8, 4) is 0 Å². The van der Waals surface area contributed by atoms with Gasteiger partial charge < -0.3 is 14.9 Å². The summed E-state index contributed by atoms with van der Waals surface area (Å²) < 4.78 is 0. The minimum absolute atomic E-state index is 0.0440. The Morgan fingerprint density at radius 3 is 2.30 bits per heavy atom. The number of hydrogen-bond acceptors (Lipinski definition) is 3. The highest BCUT2D eigenvalue weighted by Crippen LogP contribution is 2.28. The molecule has 1 N–H and O–H groups in total. The topological polar surface area (TPSA) is 77.9 Å². The summed E-state index contributed by atoms with van der Waals surface area (Å²) in [7, 11) is 1.65. The molecule has 0 atom stereocenters. The number of benzene rings is 1. The van der Waals surface area contributed by atoms with Crippen LogP contribution in [0.3, 0.4) is 0 Å². The van der Waals surface area contributed by atoms with Gasteiger partial charge in [0.2, 0.25) is 11.8 Å². The van der Waals surface area contributed by atoms with Crippen molar-refractivity contribution >= 4 is 17.8 Å². The van der Waals surface area contributed by atoms with Crippen LogP contribution in [0.4, 0.5) is 0 Å². The van der Waals surface area contributed by atoms with Crippen molar-refractivity contribution in [2.75, 3.05) is 26.7 Å². The maximum Gasteiger partial charge on any atom is 0.306 e. The third-order valence-corrected chi connectivity index (χ3v) is 5.51. The van der Waals surface area contributed by atoms with E-state index in [4.69, 9.17) is 5.11 Å². The van der Waals surface area contributed by atoms with E-state index in [1.54, 1.807) is 11.9 Å². The largest absolute Gasteiger partial charge is 0.481 e. The minimum Gasteiger partial charge on any atom is -0.481 e. The van der Waals surface area contributed by atoms with Crippen LogP contribution < -0.4 is 0 Å². The zero-order valence-electron chi connectivity index (χ0n) is 16.5. The van der Waals surface area contributed by atoms with Gasteiger partial charge in [-0.25, -0.2) is 0 Å². The van der Waals surface area contributed by atoms with Crippen molar-refractivity contribution in [2.24, 2.45) is 5.92 Å². The summed E-state index contributed by atoms with van der Waals surface area (Å²) in [4.78, 5) is 39.0. The monoisotopic (exact) mass is 374 g/mol. The summed E-state index contributed by atoms with van der Waals surface area (Å²) in [6.07, 6.45) is 2.04. The Labute approximate surface area is 161 Å². The Morgan fingerprint density at radius 1 is 1.15 bits per heavy atom. The smallest absolute Gasteiger partial charge is 0.306 e. The Kier molecular flexibility index (Phi) is 6.99. The summed E-state index contributed by atoms with van der Waals surface area (Å²) >= 11 is 0. The average molecular weight is 374 g/mol. The SMILES string of the molecule is CN(CC(=O)N1CCC(C(=O)O)CC1)C(=O)CCC(C)(C)c1ccccc1. The van der Waals surface area contributed by atoms with Crippen molar-refractivity contribution in [3.05, 3.63) is 35.9 Å². The molecular weight excluding hydrogens is 344 g/mol. The lowest BCUT2D eigenvalue weighted by atomic mass is 9.80. The first kappa shape index (κ1) is 20.9. The number of aliphatic carboxylic acids is 1. The van der Waals surface area contributed by atoms with Gasteiger partial charge in [-0.3, -0.25) is 14.4 Å².